The zero-order valence-corrected chi connectivity index (χ0v) is 22.5. The fourth-order valence-electron chi connectivity index (χ4n) is 5.05. The van der Waals surface area contributed by atoms with Gasteiger partial charge in [-0.25, -0.2) is 0 Å². The Labute approximate surface area is 234 Å². The molecule has 0 radical (unpaired) electrons. The van der Waals surface area contributed by atoms with E-state index in [0.29, 0.717) is 13.1 Å². The number of hydrogen-bond acceptors (Lipinski definition) is 6. The zero-order valence-electron chi connectivity index (χ0n) is 22.5. The maximum Gasteiger partial charge on any atom is 0.309 e. The van der Waals surface area contributed by atoms with Crippen molar-refractivity contribution in [2.45, 2.75) is 44.2 Å². The van der Waals surface area contributed by atoms with Gasteiger partial charge in [0.05, 0.1) is 24.6 Å². The van der Waals surface area contributed by atoms with Gasteiger partial charge in [-0.1, -0.05) is 72.8 Å². The summed E-state index contributed by atoms with van der Waals surface area (Å²) in [5, 5.41) is 15.6. The molecule has 1 fully saturated rings. The molecule has 2 aliphatic heterocycles. The third-order valence-corrected chi connectivity index (χ3v) is 7.42. The highest BCUT2D eigenvalue weighted by Gasteiger charge is 2.32. The average Bonchev–Trinajstić information content (AvgIpc) is 3.53. The van der Waals surface area contributed by atoms with Crippen LogP contribution in [0.15, 0.2) is 72.8 Å². The van der Waals surface area contributed by atoms with E-state index >= 15 is 0 Å². The van der Waals surface area contributed by atoms with Gasteiger partial charge in [0, 0.05) is 19.5 Å². The van der Waals surface area contributed by atoms with E-state index in [-0.39, 0.29) is 38.4 Å². The number of nitrogens with one attached hydrogen (secondary N) is 2. The summed E-state index contributed by atoms with van der Waals surface area (Å²) in [6.45, 7) is 0.944. The van der Waals surface area contributed by atoms with Crippen molar-refractivity contribution in [3.8, 4) is 0 Å². The predicted molar refractivity (Wildman–Crippen MR) is 148 cm³/mol. The molecular weight excluding hydrogens is 510 g/mol. The van der Waals surface area contributed by atoms with E-state index in [0.717, 1.165) is 24.0 Å². The van der Waals surface area contributed by atoms with Gasteiger partial charge in [0.25, 0.3) is 0 Å². The molecule has 9 nitrogen and oxygen atoms in total. The summed E-state index contributed by atoms with van der Waals surface area (Å²) in [6, 6.07) is 16.8. The molecule has 40 heavy (non-hydrogen) atoms. The number of amides is 3. The number of allylic oxidation sites excluding steroid dienone is 2. The molecule has 0 aromatic heterocycles. The second kappa shape index (κ2) is 14.4. The lowest BCUT2D eigenvalue weighted by molar-refractivity contribution is -0.152. The number of aliphatic hydroxyl groups excluding tert-OH is 1. The maximum absolute atomic E-state index is 13.4. The Morgan fingerprint density at radius 1 is 0.975 bits per heavy atom. The molecule has 3 N–H and O–H groups in total. The van der Waals surface area contributed by atoms with Crippen LogP contribution in [0.2, 0.25) is 0 Å². The van der Waals surface area contributed by atoms with Gasteiger partial charge in [0.1, 0.15) is 12.5 Å². The van der Waals surface area contributed by atoms with Gasteiger partial charge in [0.15, 0.2) is 0 Å². The van der Waals surface area contributed by atoms with Crippen LogP contribution in [0.25, 0.3) is 0 Å². The van der Waals surface area contributed by atoms with Crippen molar-refractivity contribution in [1.29, 1.82) is 0 Å². The molecule has 2 heterocycles. The first kappa shape index (κ1) is 29.0. The Morgan fingerprint density at radius 2 is 1.62 bits per heavy atom. The molecule has 4 atom stereocenters. The van der Waals surface area contributed by atoms with Crippen LogP contribution in [-0.2, 0) is 23.9 Å². The van der Waals surface area contributed by atoms with Gasteiger partial charge in [-0.05, 0) is 36.8 Å². The van der Waals surface area contributed by atoms with Crippen LogP contribution in [-0.4, -0.2) is 60.0 Å². The van der Waals surface area contributed by atoms with Gasteiger partial charge in [-0.15, -0.1) is 0 Å². The summed E-state index contributed by atoms with van der Waals surface area (Å²) in [7, 11) is 0. The normalized spacial score (nSPS) is 22.8. The highest BCUT2D eigenvalue weighted by atomic mass is 16.5. The van der Waals surface area contributed by atoms with Crippen molar-refractivity contribution in [3.05, 3.63) is 83.9 Å². The van der Waals surface area contributed by atoms with Crippen LogP contribution in [0.1, 0.15) is 55.3 Å². The van der Waals surface area contributed by atoms with Gasteiger partial charge < -0.3 is 25.4 Å². The number of aliphatic hydroxyl groups is 1. The standard InChI is InChI=1S/C31H37N3O6/c35-20-26(22-11-3-1-4-12-22)32-29(37)25-16-8-7-15-24(19-28(36)34-17-9-10-18-34)31(39)40-21-27(33-30(25)38)23-13-5-2-6-14-23/h1-8,11-14,24-27,35H,9-10,15-21H2,(H,32,37)(H,33,38)/t24?,25?,26-,27?/m0/s1. The summed E-state index contributed by atoms with van der Waals surface area (Å²) in [4.78, 5) is 54.5. The van der Waals surface area contributed by atoms with E-state index < -0.39 is 41.7 Å². The SMILES string of the molecule is O=C1OCC(c2ccccc2)NC(=O)C(C(=O)N[C@@H](CO)c2ccccc2)CC=CCC1CC(=O)N1CCCC1. The highest BCUT2D eigenvalue weighted by molar-refractivity contribution is 6.00. The van der Waals surface area contributed by atoms with E-state index in [2.05, 4.69) is 10.6 Å². The van der Waals surface area contributed by atoms with Crippen molar-refractivity contribution >= 4 is 23.7 Å². The van der Waals surface area contributed by atoms with Crippen LogP contribution in [0.5, 0.6) is 0 Å². The monoisotopic (exact) mass is 547 g/mol. The van der Waals surface area contributed by atoms with Gasteiger partial charge in [-0.3, -0.25) is 19.2 Å². The fraction of sp³-hybridized carbons (Fsp3) is 0.419. The third-order valence-electron chi connectivity index (χ3n) is 7.42. The molecule has 3 unspecified atom stereocenters. The molecule has 2 aromatic rings. The Bertz CT molecular complexity index is 1180. The fourth-order valence-corrected chi connectivity index (χ4v) is 5.05. The lowest BCUT2D eigenvalue weighted by Crippen LogP contribution is -2.45. The van der Waals surface area contributed by atoms with Crippen LogP contribution in [0.3, 0.4) is 0 Å². The Balaban J connectivity index is 1.55. The minimum atomic E-state index is -1.08. The van der Waals surface area contributed by atoms with Crippen LogP contribution in [0.4, 0.5) is 0 Å². The van der Waals surface area contributed by atoms with Crippen LogP contribution < -0.4 is 10.6 Å². The zero-order chi connectivity index (χ0) is 28.3. The second-order valence-electron chi connectivity index (χ2n) is 10.2. The summed E-state index contributed by atoms with van der Waals surface area (Å²) in [5.74, 6) is -3.35. The van der Waals surface area contributed by atoms with Crippen LogP contribution in [0, 0.1) is 11.8 Å². The number of cyclic esters (lactones) is 1. The molecule has 212 valence electrons. The summed E-state index contributed by atoms with van der Waals surface area (Å²) < 4.78 is 5.65. The van der Waals surface area contributed by atoms with Gasteiger partial charge in [-0.2, -0.15) is 0 Å². The lowest BCUT2D eigenvalue weighted by atomic mass is 9.96. The Kier molecular flexibility index (Phi) is 10.5. The molecule has 2 aliphatic rings. The van der Waals surface area contributed by atoms with Crippen molar-refractivity contribution in [2.75, 3.05) is 26.3 Å². The second-order valence-corrected chi connectivity index (χ2v) is 10.2. The van der Waals surface area contributed by atoms with Crippen molar-refractivity contribution in [3.63, 3.8) is 0 Å². The van der Waals surface area contributed by atoms with Gasteiger partial charge in [0.2, 0.25) is 17.7 Å². The number of ether oxygens (including phenoxy) is 1. The molecule has 0 saturated carbocycles. The number of rotatable bonds is 7. The lowest BCUT2D eigenvalue weighted by Gasteiger charge is -2.26. The molecular formula is C31H37N3O6. The molecule has 3 amide bonds. The van der Waals surface area contributed by atoms with Crippen molar-refractivity contribution in [1.82, 2.24) is 15.5 Å². The smallest absolute Gasteiger partial charge is 0.309 e. The van der Waals surface area contributed by atoms with E-state index in [1.807, 2.05) is 48.5 Å². The molecule has 1 saturated heterocycles. The molecule has 0 spiro atoms. The number of likely N-dealkylation sites (tertiary alicyclic amines) is 1. The van der Waals surface area contributed by atoms with E-state index in [1.165, 1.54) is 0 Å². The summed E-state index contributed by atoms with van der Waals surface area (Å²) >= 11 is 0. The molecule has 0 aliphatic carbocycles. The van der Waals surface area contributed by atoms with Crippen LogP contribution >= 0.6 is 0 Å². The van der Waals surface area contributed by atoms with Gasteiger partial charge >= 0.3 is 5.97 Å². The molecule has 4 rings (SSSR count). The number of carbonyl (C=O) groups excluding carboxylic acids is 4. The Hall–Kier alpha value is -3.98. The quantitative estimate of drug-likeness (QED) is 0.278. The predicted octanol–water partition coefficient (Wildman–Crippen LogP) is 2.83. The van der Waals surface area contributed by atoms with E-state index in [4.69, 9.17) is 4.74 Å². The number of nitrogens with zero attached hydrogens (tertiary/aromatic N) is 1. The summed E-state index contributed by atoms with van der Waals surface area (Å²) in [6.07, 6.45) is 5.74. The first-order valence-electron chi connectivity index (χ1n) is 13.9. The minimum absolute atomic E-state index is 0.0463. The molecule has 9 heteroatoms. The number of hydrogen-bond donors (Lipinski definition) is 3. The van der Waals surface area contributed by atoms with E-state index in [9.17, 15) is 24.3 Å². The highest BCUT2D eigenvalue weighted by Crippen LogP contribution is 2.22. The minimum Gasteiger partial charge on any atom is -0.463 e. The number of carbonyl (C=O) groups is 4. The average molecular weight is 548 g/mol. The topological polar surface area (TPSA) is 125 Å². The van der Waals surface area contributed by atoms with Crippen molar-refractivity contribution in [2.24, 2.45) is 11.8 Å². The number of esters is 1. The van der Waals surface area contributed by atoms with Crippen molar-refractivity contribution < 1.29 is 29.0 Å². The largest absolute Gasteiger partial charge is 0.463 e. The van der Waals surface area contributed by atoms with E-state index in [1.54, 1.807) is 29.2 Å². The number of benzene rings is 2. The molecule has 0 bridgehead atoms. The first-order valence-corrected chi connectivity index (χ1v) is 13.9. The first-order chi connectivity index (χ1) is 19.5. The Morgan fingerprint density at radius 3 is 2.30 bits per heavy atom. The summed E-state index contributed by atoms with van der Waals surface area (Å²) in [5.41, 5.74) is 1.44. The maximum atomic E-state index is 13.4. The third kappa shape index (κ3) is 7.79. The molecule has 2 aromatic carbocycles.